The van der Waals surface area contributed by atoms with Gasteiger partial charge in [-0.1, -0.05) is 110 Å². The summed E-state index contributed by atoms with van der Waals surface area (Å²) in [6.45, 7) is 6.21. The lowest BCUT2D eigenvalue weighted by Gasteiger charge is -2.39. The van der Waals surface area contributed by atoms with E-state index in [0.29, 0.717) is 19.6 Å². The first-order valence-corrected chi connectivity index (χ1v) is 15.7. The highest BCUT2D eigenvalue weighted by Gasteiger charge is 2.53. The average Bonchev–Trinajstić information content (AvgIpc) is 3.70. The number of carbonyl (C=O) groups excluding carboxylic acids is 2. The van der Waals surface area contributed by atoms with Crippen molar-refractivity contribution in [3.05, 3.63) is 138 Å². The largest absolute Gasteiger partial charge is 0.446 e. The van der Waals surface area contributed by atoms with Gasteiger partial charge in [-0.15, -0.1) is 0 Å². The lowest BCUT2D eigenvalue weighted by Crippen LogP contribution is -2.51. The Morgan fingerprint density at radius 1 is 0.844 bits per heavy atom. The third-order valence-electron chi connectivity index (χ3n) is 8.92. The zero-order valence-corrected chi connectivity index (χ0v) is 25.9. The van der Waals surface area contributed by atoms with Gasteiger partial charge < -0.3 is 19.1 Å². The zero-order chi connectivity index (χ0) is 31.2. The predicted octanol–water partition coefficient (Wildman–Crippen LogP) is 7.49. The molecule has 4 aromatic carbocycles. The van der Waals surface area contributed by atoms with E-state index in [9.17, 15) is 9.59 Å². The van der Waals surface area contributed by atoms with Gasteiger partial charge in [0, 0.05) is 24.7 Å². The van der Waals surface area contributed by atoms with Crippen LogP contribution in [-0.2, 0) is 32.1 Å². The molecule has 0 bridgehead atoms. The van der Waals surface area contributed by atoms with Crippen LogP contribution in [0.2, 0.25) is 0 Å². The second-order valence-electron chi connectivity index (χ2n) is 11.8. The molecule has 7 heteroatoms. The number of carbonyl (C=O) groups is 2. The van der Waals surface area contributed by atoms with Crippen molar-refractivity contribution in [2.24, 2.45) is 5.92 Å². The molecule has 0 aromatic heterocycles. The normalized spacial score (nSPS) is 18.8. The van der Waals surface area contributed by atoms with Gasteiger partial charge in [0.1, 0.15) is 12.6 Å². The number of cyclic esters (lactones) is 1. The monoisotopic (exact) mass is 604 g/mol. The molecule has 0 aliphatic carbocycles. The Balaban J connectivity index is 1.37. The van der Waals surface area contributed by atoms with Crippen LogP contribution in [0.25, 0.3) is 0 Å². The number of amides is 2. The fraction of sp³-hybridized carbons (Fsp3) is 0.316. The molecule has 232 valence electrons. The molecule has 7 nitrogen and oxygen atoms in total. The van der Waals surface area contributed by atoms with Crippen LogP contribution in [0.3, 0.4) is 0 Å². The predicted molar refractivity (Wildman–Crippen MR) is 173 cm³/mol. The Morgan fingerprint density at radius 3 is 2.00 bits per heavy atom. The number of hydrogen-bond donors (Lipinski definition) is 0. The average molecular weight is 605 g/mol. The second kappa shape index (κ2) is 13.7. The van der Waals surface area contributed by atoms with Crippen molar-refractivity contribution in [2.45, 2.75) is 51.1 Å². The summed E-state index contributed by atoms with van der Waals surface area (Å²) in [6.07, 6.45) is -0.000675. The quantitative estimate of drug-likeness (QED) is 0.177. The van der Waals surface area contributed by atoms with Gasteiger partial charge in [-0.05, 0) is 47.7 Å². The third-order valence-corrected chi connectivity index (χ3v) is 8.92. The van der Waals surface area contributed by atoms with Crippen LogP contribution in [0.4, 0.5) is 10.5 Å². The lowest BCUT2D eigenvalue weighted by atomic mass is 9.78. The summed E-state index contributed by atoms with van der Waals surface area (Å²) in [7, 11) is 0. The first-order chi connectivity index (χ1) is 22.0. The highest BCUT2D eigenvalue weighted by atomic mass is 16.7. The molecule has 0 radical (unpaired) electrons. The van der Waals surface area contributed by atoms with Crippen LogP contribution in [-0.4, -0.2) is 42.5 Å². The molecular weight excluding hydrogens is 564 g/mol. The van der Waals surface area contributed by atoms with Crippen molar-refractivity contribution >= 4 is 17.7 Å². The summed E-state index contributed by atoms with van der Waals surface area (Å²) in [6, 6.07) is 38.3. The Kier molecular flexibility index (Phi) is 9.29. The Bertz CT molecular complexity index is 1530. The van der Waals surface area contributed by atoms with E-state index in [-0.39, 0.29) is 18.4 Å². The van der Waals surface area contributed by atoms with Crippen molar-refractivity contribution in [1.82, 2.24) is 4.90 Å². The minimum atomic E-state index is -1.20. The molecule has 3 atom stereocenters. The molecule has 2 heterocycles. The van der Waals surface area contributed by atoms with Crippen LogP contribution in [0.15, 0.2) is 115 Å². The molecule has 3 unspecified atom stereocenters. The SMILES string of the molecule is CCC(c1cccc(N(Cc2ccccc2)Cc2ccccc2)c1)C(C(=O)N1C(=O)OCC1c1ccccc1)C1(C)OCCO1. The van der Waals surface area contributed by atoms with E-state index in [2.05, 4.69) is 78.6 Å². The van der Waals surface area contributed by atoms with E-state index in [4.69, 9.17) is 14.2 Å². The molecule has 6 rings (SSSR count). The number of imide groups is 1. The number of hydrogen-bond acceptors (Lipinski definition) is 6. The van der Waals surface area contributed by atoms with Crippen molar-refractivity contribution in [1.29, 1.82) is 0 Å². The Hall–Kier alpha value is -4.46. The van der Waals surface area contributed by atoms with Crippen LogP contribution < -0.4 is 4.90 Å². The van der Waals surface area contributed by atoms with Gasteiger partial charge in [0.2, 0.25) is 5.91 Å². The van der Waals surface area contributed by atoms with E-state index >= 15 is 0 Å². The van der Waals surface area contributed by atoms with Crippen molar-refractivity contribution in [3.63, 3.8) is 0 Å². The minimum Gasteiger partial charge on any atom is -0.446 e. The topological polar surface area (TPSA) is 68.3 Å². The molecule has 0 saturated carbocycles. The number of rotatable bonds is 11. The third kappa shape index (κ3) is 6.65. The van der Waals surface area contributed by atoms with Gasteiger partial charge in [0.25, 0.3) is 0 Å². The van der Waals surface area contributed by atoms with Crippen LogP contribution in [0, 0.1) is 5.92 Å². The zero-order valence-electron chi connectivity index (χ0n) is 25.9. The van der Waals surface area contributed by atoms with E-state index < -0.39 is 23.8 Å². The summed E-state index contributed by atoms with van der Waals surface area (Å²) in [5.74, 6) is -2.63. The van der Waals surface area contributed by atoms with Crippen LogP contribution in [0.1, 0.15) is 54.5 Å². The summed E-state index contributed by atoms with van der Waals surface area (Å²) in [5.41, 5.74) is 5.30. The highest BCUT2D eigenvalue weighted by Crippen LogP contribution is 2.44. The summed E-state index contributed by atoms with van der Waals surface area (Å²) < 4.78 is 17.8. The van der Waals surface area contributed by atoms with Crippen molar-refractivity contribution < 1.29 is 23.8 Å². The maximum Gasteiger partial charge on any atom is 0.417 e. The first-order valence-electron chi connectivity index (χ1n) is 15.7. The summed E-state index contributed by atoms with van der Waals surface area (Å²) in [5, 5.41) is 0. The smallest absolute Gasteiger partial charge is 0.417 e. The van der Waals surface area contributed by atoms with E-state index in [0.717, 1.165) is 29.9 Å². The summed E-state index contributed by atoms with van der Waals surface area (Å²) in [4.78, 5) is 31.4. The van der Waals surface area contributed by atoms with Gasteiger partial charge in [0.05, 0.1) is 19.1 Å². The van der Waals surface area contributed by atoms with Crippen molar-refractivity contribution in [3.8, 4) is 0 Å². The number of anilines is 1. The Morgan fingerprint density at radius 2 is 1.42 bits per heavy atom. The van der Waals surface area contributed by atoms with Crippen LogP contribution in [0.5, 0.6) is 0 Å². The molecule has 0 spiro atoms. The lowest BCUT2D eigenvalue weighted by molar-refractivity contribution is -0.196. The number of nitrogens with zero attached hydrogens (tertiary/aromatic N) is 2. The van der Waals surface area contributed by atoms with Crippen molar-refractivity contribution in [2.75, 3.05) is 24.7 Å². The first kappa shape index (κ1) is 30.6. The van der Waals surface area contributed by atoms with E-state index in [1.165, 1.54) is 16.0 Å². The van der Waals surface area contributed by atoms with E-state index in [1.807, 2.05) is 55.5 Å². The molecule has 4 aromatic rings. The van der Waals surface area contributed by atoms with E-state index in [1.54, 1.807) is 0 Å². The maximum atomic E-state index is 14.7. The summed E-state index contributed by atoms with van der Waals surface area (Å²) >= 11 is 0. The van der Waals surface area contributed by atoms with Crippen LogP contribution >= 0.6 is 0 Å². The minimum absolute atomic E-state index is 0.111. The van der Waals surface area contributed by atoms with Gasteiger partial charge in [-0.2, -0.15) is 0 Å². The second-order valence-corrected chi connectivity index (χ2v) is 11.8. The molecule has 2 aliphatic heterocycles. The molecule has 2 fully saturated rings. The van der Waals surface area contributed by atoms with Gasteiger partial charge >= 0.3 is 6.09 Å². The molecule has 0 N–H and O–H groups in total. The molecule has 2 aliphatic rings. The number of benzene rings is 4. The molecule has 45 heavy (non-hydrogen) atoms. The fourth-order valence-electron chi connectivity index (χ4n) is 6.67. The number of ether oxygens (including phenoxy) is 3. The highest BCUT2D eigenvalue weighted by molar-refractivity contribution is 5.96. The standard InChI is InChI=1S/C38H40N2O5/c1-3-33(31-20-13-21-32(24-31)39(25-28-14-7-4-8-15-28)26-29-16-9-5-10-17-29)35(38(2)44-22-23-45-38)36(41)40-34(27-43-37(40)42)30-18-11-6-12-19-30/h4-21,24,33-35H,3,22-23,25-27H2,1-2H3. The molecule has 2 amide bonds. The maximum absolute atomic E-state index is 14.7. The Labute approximate surface area is 265 Å². The van der Waals surface area contributed by atoms with Gasteiger partial charge in [-0.3, -0.25) is 4.79 Å². The molecular formula is C38H40N2O5. The fourth-order valence-corrected chi connectivity index (χ4v) is 6.67. The van der Waals surface area contributed by atoms with Gasteiger partial charge in [-0.25, -0.2) is 9.69 Å². The van der Waals surface area contributed by atoms with Gasteiger partial charge in [0.15, 0.2) is 5.79 Å². The molecule has 2 saturated heterocycles.